The molecule has 1 atom stereocenters. The lowest BCUT2D eigenvalue weighted by Gasteiger charge is -2.15. The van der Waals surface area contributed by atoms with E-state index in [1.165, 1.54) is 18.3 Å². The van der Waals surface area contributed by atoms with Crippen LogP contribution in [0.15, 0.2) is 34.9 Å². The highest BCUT2D eigenvalue weighted by molar-refractivity contribution is 9.10. The number of hydrogen-bond acceptors (Lipinski definition) is 3. The summed E-state index contributed by atoms with van der Waals surface area (Å²) in [4.78, 5) is 3.93. The van der Waals surface area contributed by atoms with Crippen molar-refractivity contribution in [1.82, 2.24) is 4.98 Å². The summed E-state index contributed by atoms with van der Waals surface area (Å²) in [5.41, 5.74) is 13.0. The molecule has 18 heavy (non-hydrogen) atoms. The van der Waals surface area contributed by atoms with Crippen LogP contribution in [0.25, 0.3) is 0 Å². The lowest BCUT2D eigenvalue weighted by Crippen LogP contribution is -2.15. The molecule has 0 radical (unpaired) electrons. The van der Waals surface area contributed by atoms with Crippen molar-refractivity contribution in [2.24, 2.45) is 5.73 Å². The molecule has 0 fully saturated rings. The number of nitrogens with two attached hydrogens (primary N) is 2. The lowest BCUT2D eigenvalue weighted by molar-refractivity contribution is 0.622. The normalized spacial score (nSPS) is 12.4. The summed E-state index contributed by atoms with van der Waals surface area (Å²) < 4.78 is 13.9. The van der Waals surface area contributed by atoms with Crippen molar-refractivity contribution in [3.8, 4) is 0 Å². The molecular formula is C12H10BrClFN3. The number of pyridine rings is 1. The van der Waals surface area contributed by atoms with Crippen molar-refractivity contribution >= 4 is 33.3 Å². The molecule has 1 aromatic heterocycles. The highest BCUT2D eigenvalue weighted by atomic mass is 79.9. The maximum absolute atomic E-state index is 13.3. The van der Waals surface area contributed by atoms with E-state index in [2.05, 4.69) is 20.9 Å². The van der Waals surface area contributed by atoms with Crippen LogP contribution in [0.4, 0.5) is 10.2 Å². The number of nitrogen functional groups attached to an aromatic ring is 1. The van der Waals surface area contributed by atoms with Gasteiger partial charge < -0.3 is 11.5 Å². The summed E-state index contributed by atoms with van der Waals surface area (Å²) in [6.07, 6.45) is 1.44. The van der Waals surface area contributed by atoms with Crippen LogP contribution in [0.3, 0.4) is 0 Å². The summed E-state index contributed by atoms with van der Waals surface area (Å²) >= 11 is 9.07. The molecule has 3 nitrogen and oxygen atoms in total. The molecule has 0 aliphatic carbocycles. The SMILES string of the molecule is Nc1ncc(Cl)cc1C(N)c1cc(F)cc(Br)c1. The third-order valence-electron chi connectivity index (χ3n) is 2.50. The molecule has 0 spiro atoms. The monoisotopic (exact) mass is 329 g/mol. The van der Waals surface area contributed by atoms with Crippen LogP contribution < -0.4 is 11.5 Å². The molecule has 0 bridgehead atoms. The van der Waals surface area contributed by atoms with E-state index < -0.39 is 6.04 Å². The molecule has 1 heterocycles. The topological polar surface area (TPSA) is 64.9 Å². The summed E-state index contributed by atoms with van der Waals surface area (Å²) in [7, 11) is 0. The fourth-order valence-electron chi connectivity index (χ4n) is 1.65. The molecule has 2 aromatic rings. The Balaban J connectivity index is 2.47. The van der Waals surface area contributed by atoms with Gasteiger partial charge in [0.05, 0.1) is 11.1 Å². The van der Waals surface area contributed by atoms with E-state index in [9.17, 15) is 4.39 Å². The zero-order valence-electron chi connectivity index (χ0n) is 9.20. The largest absolute Gasteiger partial charge is 0.383 e. The van der Waals surface area contributed by atoms with E-state index in [0.717, 1.165) is 0 Å². The van der Waals surface area contributed by atoms with E-state index in [1.54, 1.807) is 12.1 Å². The predicted octanol–water partition coefficient (Wildman–Crippen LogP) is 3.27. The second-order valence-corrected chi connectivity index (χ2v) is 5.16. The van der Waals surface area contributed by atoms with Gasteiger partial charge in [-0.2, -0.15) is 0 Å². The van der Waals surface area contributed by atoms with E-state index in [-0.39, 0.29) is 11.6 Å². The number of benzene rings is 1. The smallest absolute Gasteiger partial charge is 0.128 e. The Kier molecular flexibility index (Phi) is 3.85. The Morgan fingerprint density at radius 1 is 1.28 bits per heavy atom. The van der Waals surface area contributed by atoms with Gasteiger partial charge in [0.15, 0.2) is 0 Å². The number of rotatable bonds is 2. The molecule has 2 rings (SSSR count). The van der Waals surface area contributed by atoms with E-state index in [0.29, 0.717) is 20.6 Å². The molecule has 1 aromatic carbocycles. The first-order valence-corrected chi connectivity index (χ1v) is 6.27. The van der Waals surface area contributed by atoms with Crippen molar-refractivity contribution in [1.29, 1.82) is 0 Å². The van der Waals surface area contributed by atoms with Gasteiger partial charge in [0.25, 0.3) is 0 Å². The highest BCUT2D eigenvalue weighted by Gasteiger charge is 2.15. The van der Waals surface area contributed by atoms with Crippen molar-refractivity contribution < 1.29 is 4.39 Å². The number of hydrogen-bond donors (Lipinski definition) is 2. The second-order valence-electron chi connectivity index (χ2n) is 3.81. The first kappa shape index (κ1) is 13.3. The molecule has 0 saturated heterocycles. The maximum Gasteiger partial charge on any atom is 0.128 e. The molecule has 94 valence electrons. The third-order valence-corrected chi connectivity index (χ3v) is 3.16. The van der Waals surface area contributed by atoms with Crippen LogP contribution in [0.1, 0.15) is 17.2 Å². The minimum absolute atomic E-state index is 0.285. The van der Waals surface area contributed by atoms with Gasteiger partial charge in [0.2, 0.25) is 0 Å². The molecule has 0 aliphatic heterocycles. The number of halogens is 3. The van der Waals surface area contributed by atoms with Crippen LogP contribution in [0.2, 0.25) is 5.02 Å². The zero-order valence-corrected chi connectivity index (χ0v) is 11.5. The van der Waals surface area contributed by atoms with Gasteiger partial charge in [-0.25, -0.2) is 9.37 Å². The zero-order chi connectivity index (χ0) is 13.3. The second kappa shape index (κ2) is 5.22. The molecule has 0 aliphatic rings. The first-order chi connectivity index (χ1) is 8.47. The third kappa shape index (κ3) is 2.80. The summed E-state index contributed by atoms with van der Waals surface area (Å²) in [5, 5.41) is 0.435. The Bertz CT molecular complexity index is 571. The van der Waals surface area contributed by atoms with Gasteiger partial charge in [-0.3, -0.25) is 0 Å². The average Bonchev–Trinajstić information content (AvgIpc) is 2.30. The fourth-order valence-corrected chi connectivity index (χ4v) is 2.30. The summed E-state index contributed by atoms with van der Waals surface area (Å²) in [5.74, 6) is -0.0873. The molecule has 0 amide bonds. The van der Waals surface area contributed by atoms with Crippen molar-refractivity contribution in [2.75, 3.05) is 5.73 Å². The summed E-state index contributed by atoms with van der Waals surface area (Å²) in [6.45, 7) is 0. The number of aromatic nitrogens is 1. The van der Waals surface area contributed by atoms with Gasteiger partial charge >= 0.3 is 0 Å². The van der Waals surface area contributed by atoms with Crippen molar-refractivity contribution in [2.45, 2.75) is 6.04 Å². The van der Waals surface area contributed by atoms with Crippen molar-refractivity contribution in [3.05, 3.63) is 56.9 Å². The number of nitrogens with zero attached hydrogens (tertiary/aromatic N) is 1. The standard InChI is InChI=1S/C12H10BrClFN3/c13-7-1-6(2-9(15)3-7)11(16)10-4-8(14)5-18-12(10)17/h1-5,11H,16H2,(H2,17,18). The van der Waals surface area contributed by atoms with Gasteiger partial charge in [0, 0.05) is 16.2 Å². The van der Waals surface area contributed by atoms with E-state index in [1.807, 2.05) is 0 Å². The maximum atomic E-state index is 13.3. The molecule has 6 heteroatoms. The minimum Gasteiger partial charge on any atom is -0.383 e. The first-order valence-electron chi connectivity index (χ1n) is 5.10. The predicted molar refractivity (Wildman–Crippen MR) is 73.8 cm³/mol. The Morgan fingerprint density at radius 2 is 2.00 bits per heavy atom. The van der Waals surface area contributed by atoms with Crippen molar-refractivity contribution in [3.63, 3.8) is 0 Å². The Morgan fingerprint density at radius 3 is 2.67 bits per heavy atom. The van der Waals surface area contributed by atoms with E-state index in [4.69, 9.17) is 23.1 Å². The quantitative estimate of drug-likeness (QED) is 0.888. The Hall–Kier alpha value is -1.17. The van der Waals surface area contributed by atoms with Crippen LogP contribution in [-0.2, 0) is 0 Å². The number of anilines is 1. The Labute approximate surface area is 117 Å². The van der Waals surface area contributed by atoms with Gasteiger partial charge in [-0.05, 0) is 29.8 Å². The van der Waals surface area contributed by atoms with E-state index >= 15 is 0 Å². The van der Waals surface area contributed by atoms with Crippen LogP contribution in [0, 0.1) is 5.82 Å². The van der Waals surface area contributed by atoms with Gasteiger partial charge in [0.1, 0.15) is 11.6 Å². The fraction of sp³-hybridized carbons (Fsp3) is 0.0833. The molecule has 1 unspecified atom stereocenters. The van der Waals surface area contributed by atoms with Crippen LogP contribution >= 0.6 is 27.5 Å². The molecular weight excluding hydrogens is 321 g/mol. The molecule has 4 N–H and O–H groups in total. The van der Waals surface area contributed by atoms with Gasteiger partial charge in [-0.15, -0.1) is 0 Å². The average molecular weight is 331 g/mol. The van der Waals surface area contributed by atoms with Crippen LogP contribution in [-0.4, -0.2) is 4.98 Å². The van der Waals surface area contributed by atoms with Crippen LogP contribution in [0.5, 0.6) is 0 Å². The summed E-state index contributed by atoms with van der Waals surface area (Å²) in [6, 6.07) is 5.50. The van der Waals surface area contributed by atoms with Gasteiger partial charge in [-0.1, -0.05) is 27.5 Å². The molecule has 0 saturated carbocycles. The highest BCUT2D eigenvalue weighted by Crippen LogP contribution is 2.28. The lowest BCUT2D eigenvalue weighted by atomic mass is 10.0. The minimum atomic E-state index is -0.580.